The largest absolute Gasteiger partial charge is 0.497 e. The third-order valence-corrected chi connectivity index (χ3v) is 5.83. The summed E-state index contributed by atoms with van der Waals surface area (Å²) < 4.78 is 5.34. The minimum Gasteiger partial charge on any atom is -0.497 e. The average Bonchev–Trinajstić information content (AvgIpc) is 3.33. The van der Waals surface area contributed by atoms with Crippen molar-refractivity contribution in [1.29, 1.82) is 0 Å². The predicted octanol–water partition coefficient (Wildman–Crippen LogP) is 3.28. The molecule has 2 heterocycles. The van der Waals surface area contributed by atoms with E-state index >= 15 is 0 Å². The Bertz CT molecular complexity index is 823. The Morgan fingerprint density at radius 2 is 1.97 bits per heavy atom. The molecule has 0 aliphatic carbocycles. The third-order valence-electron chi connectivity index (χ3n) is 4.96. The third kappa shape index (κ3) is 7.57. The zero-order valence-corrected chi connectivity index (χ0v) is 21.3. The van der Waals surface area contributed by atoms with Gasteiger partial charge in [-0.3, -0.25) is 9.79 Å². The van der Waals surface area contributed by atoms with Crippen molar-refractivity contribution in [3.05, 3.63) is 46.7 Å². The molecule has 1 saturated heterocycles. The van der Waals surface area contributed by atoms with Gasteiger partial charge in [0.15, 0.2) is 5.96 Å². The fourth-order valence-corrected chi connectivity index (χ4v) is 4.01. The molecule has 1 amide bonds. The van der Waals surface area contributed by atoms with Gasteiger partial charge in [0, 0.05) is 57.6 Å². The SMILES string of the molecule is CCNC(=NCCCNC(=O)c1cccs1)N1CCN(c2cccc(OC)c2)CC1.I. The first-order valence-corrected chi connectivity index (χ1v) is 11.3. The number of carbonyl (C=O) groups excluding carboxylic acids is 1. The maximum atomic E-state index is 12.0. The van der Waals surface area contributed by atoms with Crippen molar-refractivity contribution in [3.8, 4) is 5.75 Å². The van der Waals surface area contributed by atoms with Crippen molar-refractivity contribution in [2.24, 2.45) is 4.99 Å². The van der Waals surface area contributed by atoms with Gasteiger partial charge in [0.2, 0.25) is 0 Å². The second-order valence-electron chi connectivity index (χ2n) is 7.00. The molecule has 2 aromatic rings. The molecule has 1 aliphatic rings. The highest BCUT2D eigenvalue weighted by molar-refractivity contribution is 14.0. The summed E-state index contributed by atoms with van der Waals surface area (Å²) in [5, 5.41) is 8.27. The van der Waals surface area contributed by atoms with Crippen LogP contribution < -0.4 is 20.3 Å². The Hall–Kier alpha value is -2.01. The molecular formula is C22H32IN5O2S. The lowest BCUT2D eigenvalue weighted by Gasteiger charge is -2.37. The first-order valence-electron chi connectivity index (χ1n) is 10.4. The van der Waals surface area contributed by atoms with Crippen LogP contribution >= 0.6 is 35.3 Å². The number of amides is 1. The van der Waals surface area contributed by atoms with E-state index in [1.165, 1.54) is 17.0 Å². The molecule has 3 rings (SSSR count). The zero-order valence-electron chi connectivity index (χ0n) is 18.2. The number of nitrogens with zero attached hydrogens (tertiary/aromatic N) is 3. The van der Waals surface area contributed by atoms with Crippen LogP contribution in [0.2, 0.25) is 0 Å². The van der Waals surface area contributed by atoms with Gasteiger partial charge in [-0.1, -0.05) is 12.1 Å². The molecule has 31 heavy (non-hydrogen) atoms. The van der Waals surface area contributed by atoms with Crippen LogP contribution in [0.5, 0.6) is 5.75 Å². The summed E-state index contributed by atoms with van der Waals surface area (Å²) in [4.78, 5) is 22.2. The van der Waals surface area contributed by atoms with E-state index in [0.717, 1.165) is 55.7 Å². The van der Waals surface area contributed by atoms with Gasteiger partial charge in [-0.2, -0.15) is 0 Å². The first-order chi connectivity index (χ1) is 14.7. The Kier molecular flexibility index (Phi) is 10.9. The van der Waals surface area contributed by atoms with Crippen molar-refractivity contribution in [3.63, 3.8) is 0 Å². The van der Waals surface area contributed by atoms with Gasteiger partial charge < -0.3 is 25.2 Å². The number of piperazine rings is 1. The van der Waals surface area contributed by atoms with E-state index in [1.54, 1.807) is 7.11 Å². The number of benzene rings is 1. The van der Waals surface area contributed by atoms with Crippen LogP contribution in [0.25, 0.3) is 0 Å². The van der Waals surface area contributed by atoms with Gasteiger partial charge in [-0.15, -0.1) is 35.3 Å². The van der Waals surface area contributed by atoms with Gasteiger partial charge in [0.1, 0.15) is 5.75 Å². The number of halogens is 1. The Morgan fingerprint density at radius 1 is 1.16 bits per heavy atom. The molecular weight excluding hydrogens is 525 g/mol. The summed E-state index contributed by atoms with van der Waals surface area (Å²) in [6.07, 6.45) is 0.815. The monoisotopic (exact) mass is 557 g/mol. The quantitative estimate of drug-likeness (QED) is 0.226. The number of carbonyl (C=O) groups is 1. The average molecular weight is 558 g/mol. The molecule has 0 atom stereocenters. The van der Waals surface area contributed by atoms with E-state index in [1.807, 2.05) is 29.6 Å². The number of rotatable bonds is 8. The van der Waals surface area contributed by atoms with Gasteiger partial charge in [0.25, 0.3) is 5.91 Å². The maximum Gasteiger partial charge on any atom is 0.261 e. The number of anilines is 1. The number of nitrogens with one attached hydrogen (secondary N) is 2. The number of aliphatic imine (C=N–C) groups is 1. The minimum atomic E-state index is -0.00505. The fraction of sp³-hybridized carbons (Fsp3) is 0.455. The highest BCUT2D eigenvalue weighted by atomic mass is 127. The van der Waals surface area contributed by atoms with Crippen molar-refractivity contribution < 1.29 is 9.53 Å². The van der Waals surface area contributed by atoms with E-state index in [9.17, 15) is 4.79 Å². The van der Waals surface area contributed by atoms with E-state index < -0.39 is 0 Å². The predicted molar refractivity (Wildman–Crippen MR) is 139 cm³/mol. The Labute approximate surface area is 205 Å². The molecule has 0 spiro atoms. The number of guanidine groups is 1. The van der Waals surface area contributed by atoms with E-state index in [-0.39, 0.29) is 29.9 Å². The number of methoxy groups -OCH3 is 1. The Morgan fingerprint density at radius 3 is 2.65 bits per heavy atom. The van der Waals surface area contributed by atoms with E-state index in [4.69, 9.17) is 9.73 Å². The Balaban J connectivity index is 0.00000341. The second kappa shape index (κ2) is 13.4. The summed E-state index contributed by atoms with van der Waals surface area (Å²) in [5.41, 5.74) is 1.19. The number of thiophene rings is 1. The summed E-state index contributed by atoms with van der Waals surface area (Å²) >= 11 is 1.46. The fourth-order valence-electron chi connectivity index (χ4n) is 3.37. The molecule has 0 bridgehead atoms. The lowest BCUT2D eigenvalue weighted by molar-refractivity contribution is 0.0957. The van der Waals surface area contributed by atoms with Crippen molar-refractivity contribution >= 4 is 52.9 Å². The molecule has 170 valence electrons. The molecule has 1 aliphatic heterocycles. The summed E-state index contributed by atoms with van der Waals surface area (Å²) in [5.74, 6) is 1.83. The standard InChI is InChI=1S/C22H31N5O2S.HI/c1-3-23-22(25-11-6-10-24-21(28)20-9-5-16-30-20)27-14-12-26(13-15-27)18-7-4-8-19(17-18)29-2;/h4-5,7-9,16-17H,3,6,10-15H2,1-2H3,(H,23,25)(H,24,28);1H. The number of hydrogen-bond acceptors (Lipinski definition) is 5. The molecule has 7 nitrogen and oxygen atoms in total. The number of ether oxygens (including phenoxy) is 1. The van der Waals surface area contributed by atoms with Crippen molar-refractivity contribution in [1.82, 2.24) is 15.5 Å². The highest BCUT2D eigenvalue weighted by Crippen LogP contribution is 2.22. The molecule has 0 radical (unpaired) electrons. The highest BCUT2D eigenvalue weighted by Gasteiger charge is 2.20. The van der Waals surface area contributed by atoms with Gasteiger partial charge >= 0.3 is 0 Å². The zero-order chi connectivity index (χ0) is 21.2. The van der Waals surface area contributed by atoms with E-state index in [2.05, 4.69) is 39.5 Å². The van der Waals surface area contributed by atoms with Gasteiger partial charge in [-0.05, 0) is 36.9 Å². The molecule has 2 N–H and O–H groups in total. The van der Waals surface area contributed by atoms with Crippen LogP contribution in [0.15, 0.2) is 46.8 Å². The topological polar surface area (TPSA) is 69.2 Å². The molecule has 0 saturated carbocycles. The minimum absolute atomic E-state index is 0. The molecule has 1 fully saturated rings. The van der Waals surface area contributed by atoms with Gasteiger partial charge in [0.05, 0.1) is 12.0 Å². The molecule has 0 unspecified atom stereocenters. The van der Waals surface area contributed by atoms with Crippen molar-refractivity contribution in [2.75, 3.05) is 57.8 Å². The first kappa shape index (κ1) is 25.3. The lowest BCUT2D eigenvalue weighted by Crippen LogP contribution is -2.52. The van der Waals surface area contributed by atoms with Crippen LogP contribution in [0.4, 0.5) is 5.69 Å². The van der Waals surface area contributed by atoms with Crippen LogP contribution in [0.3, 0.4) is 0 Å². The lowest BCUT2D eigenvalue weighted by atomic mass is 10.2. The van der Waals surface area contributed by atoms with E-state index in [0.29, 0.717) is 13.1 Å². The summed E-state index contributed by atoms with van der Waals surface area (Å²) in [6, 6.07) is 11.9. The number of hydrogen-bond donors (Lipinski definition) is 2. The second-order valence-corrected chi connectivity index (χ2v) is 7.95. The van der Waals surface area contributed by atoms with Gasteiger partial charge in [-0.25, -0.2) is 0 Å². The van der Waals surface area contributed by atoms with Crippen LogP contribution in [0, 0.1) is 0 Å². The summed E-state index contributed by atoms with van der Waals surface area (Å²) in [6.45, 7) is 7.94. The summed E-state index contributed by atoms with van der Waals surface area (Å²) in [7, 11) is 1.70. The molecule has 9 heteroatoms. The molecule has 1 aromatic carbocycles. The van der Waals surface area contributed by atoms with Crippen LogP contribution in [-0.2, 0) is 0 Å². The normalized spacial score (nSPS) is 14.1. The van der Waals surface area contributed by atoms with Crippen LogP contribution in [-0.4, -0.2) is 69.7 Å². The van der Waals surface area contributed by atoms with Crippen molar-refractivity contribution in [2.45, 2.75) is 13.3 Å². The maximum absolute atomic E-state index is 12.0. The molecule has 1 aromatic heterocycles. The van der Waals surface area contributed by atoms with Crippen LogP contribution in [0.1, 0.15) is 23.0 Å². The smallest absolute Gasteiger partial charge is 0.261 e.